The SMILES string of the molecule is Cn1c(=O)c2ccoc2c2cc(Cl)ccc21. The van der Waals surface area contributed by atoms with Crippen LogP contribution in [0.5, 0.6) is 0 Å². The van der Waals surface area contributed by atoms with Gasteiger partial charge in [0.25, 0.3) is 5.56 Å². The lowest BCUT2D eigenvalue weighted by Crippen LogP contribution is -2.16. The number of pyridine rings is 1. The minimum Gasteiger partial charge on any atom is -0.463 e. The van der Waals surface area contributed by atoms with E-state index in [-0.39, 0.29) is 5.56 Å². The van der Waals surface area contributed by atoms with Crippen LogP contribution in [0.2, 0.25) is 5.02 Å². The Morgan fingerprint density at radius 3 is 2.88 bits per heavy atom. The highest BCUT2D eigenvalue weighted by Gasteiger charge is 2.10. The number of fused-ring (bicyclic) bond motifs is 3. The lowest BCUT2D eigenvalue weighted by Gasteiger charge is -2.05. The van der Waals surface area contributed by atoms with Crippen LogP contribution in [0.3, 0.4) is 0 Å². The smallest absolute Gasteiger partial charge is 0.261 e. The summed E-state index contributed by atoms with van der Waals surface area (Å²) in [5.74, 6) is 0. The Bertz CT molecular complexity index is 755. The van der Waals surface area contributed by atoms with Crippen LogP contribution in [0.4, 0.5) is 0 Å². The van der Waals surface area contributed by atoms with Crippen LogP contribution in [0.15, 0.2) is 39.7 Å². The van der Waals surface area contributed by atoms with Crippen LogP contribution in [-0.2, 0) is 7.05 Å². The van der Waals surface area contributed by atoms with Crippen molar-refractivity contribution in [1.82, 2.24) is 4.57 Å². The molecule has 3 nitrogen and oxygen atoms in total. The first-order chi connectivity index (χ1) is 7.68. The molecule has 0 saturated heterocycles. The fraction of sp³-hybridized carbons (Fsp3) is 0.0833. The van der Waals surface area contributed by atoms with Crippen LogP contribution in [0.1, 0.15) is 0 Å². The third-order valence-corrected chi connectivity index (χ3v) is 3.00. The highest BCUT2D eigenvalue weighted by atomic mass is 35.5. The Kier molecular flexibility index (Phi) is 1.85. The molecule has 16 heavy (non-hydrogen) atoms. The molecule has 0 bridgehead atoms. The molecule has 4 heteroatoms. The molecule has 0 radical (unpaired) electrons. The van der Waals surface area contributed by atoms with Gasteiger partial charge in [0.1, 0.15) is 5.58 Å². The minimum absolute atomic E-state index is 0.0569. The van der Waals surface area contributed by atoms with Crippen molar-refractivity contribution in [2.24, 2.45) is 7.05 Å². The van der Waals surface area contributed by atoms with E-state index in [4.69, 9.17) is 16.0 Å². The van der Waals surface area contributed by atoms with Gasteiger partial charge in [-0.15, -0.1) is 0 Å². The van der Waals surface area contributed by atoms with E-state index in [0.717, 1.165) is 10.9 Å². The van der Waals surface area contributed by atoms with Crippen molar-refractivity contribution in [3.63, 3.8) is 0 Å². The van der Waals surface area contributed by atoms with E-state index in [1.54, 1.807) is 23.7 Å². The van der Waals surface area contributed by atoms with E-state index >= 15 is 0 Å². The van der Waals surface area contributed by atoms with Crippen molar-refractivity contribution >= 4 is 33.5 Å². The molecule has 80 valence electrons. The second-order valence-electron chi connectivity index (χ2n) is 3.69. The number of nitrogens with zero attached hydrogens (tertiary/aromatic N) is 1. The molecule has 0 aliphatic rings. The Balaban J connectivity index is 2.72. The Morgan fingerprint density at radius 1 is 1.25 bits per heavy atom. The van der Waals surface area contributed by atoms with Crippen molar-refractivity contribution in [2.45, 2.75) is 0 Å². The van der Waals surface area contributed by atoms with Gasteiger partial charge in [-0.3, -0.25) is 4.79 Å². The van der Waals surface area contributed by atoms with Crippen molar-refractivity contribution in [3.05, 3.63) is 45.9 Å². The summed E-state index contributed by atoms with van der Waals surface area (Å²) in [6.07, 6.45) is 1.52. The molecule has 0 atom stereocenters. The summed E-state index contributed by atoms with van der Waals surface area (Å²) in [5.41, 5.74) is 1.36. The van der Waals surface area contributed by atoms with Crippen molar-refractivity contribution in [3.8, 4) is 0 Å². The van der Waals surface area contributed by atoms with E-state index in [1.807, 2.05) is 12.1 Å². The lowest BCUT2D eigenvalue weighted by molar-refractivity contribution is 0.618. The van der Waals surface area contributed by atoms with E-state index in [9.17, 15) is 4.79 Å². The zero-order chi connectivity index (χ0) is 11.3. The number of aromatic nitrogens is 1. The zero-order valence-corrected chi connectivity index (χ0v) is 9.28. The fourth-order valence-corrected chi connectivity index (χ4v) is 2.13. The highest BCUT2D eigenvalue weighted by molar-refractivity contribution is 6.31. The van der Waals surface area contributed by atoms with Gasteiger partial charge in [0, 0.05) is 17.5 Å². The molecule has 0 spiro atoms. The van der Waals surface area contributed by atoms with Gasteiger partial charge in [0.15, 0.2) is 0 Å². The van der Waals surface area contributed by atoms with Gasteiger partial charge in [0.2, 0.25) is 0 Å². The first-order valence-electron chi connectivity index (χ1n) is 4.84. The van der Waals surface area contributed by atoms with E-state index < -0.39 is 0 Å². The van der Waals surface area contributed by atoms with E-state index in [1.165, 1.54) is 6.26 Å². The maximum atomic E-state index is 12.0. The lowest BCUT2D eigenvalue weighted by atomic mass is 10.1. The largest absolute Gasteiger partial charge is 0.463 e. The van der Waals surface area contributed by atoms with Crippen molar-refractivity contribution in [1.29, 1.82) is 0 Å². The predicted octanol–water partition coefficient (Wildman–Crippen LogP) is 2.94. The van der Waals surface area contributed by atoms with Crippen LogP contribution >= 0.6 is 11.6 Å². The number of furan rings is 1. The van der Waals surface area contributed by atoms with E-state index in [0.29, 0.717) is 16.0 Å². The Hall–Kier alpha value is -1.74. The molecule has 3 aromatic rings. The number of hydrogen-bond acceptors (Lipinski definition) is 2. The molecule has 0 fully saturated rings. The summed E-state index contributed by atoms with van der Waals surface area (Å²) >= 11 is 5.95. The average molecular weight is 234 g/mol. The quantitative estimate of drug-likeness (QED) is 0.598. The Morgan fingerprint density at radius 2 is 2.06 bits per heavy atom. The number of halogens is 1. The van der Waals surface area contributed by atoms with Gasteiger partial charge in [-0.25, -0.2) is 0 Å². The predicted molar refractivity (Wildman–Crippen MR) is 64.0 cm³/mol. The van der Waals surface area contributed by atoms with Crippen molar-refractivity contribution in [2.75, 3.05) is 0 Å². The van der Waals surface area contributed by atoms with Gasteiger partial charge < -0.3 is 8.98 Å². The van der Waals surface area contributed by atoms with Crippen LogP contribution in [-0.4, -0.2) is 4.57 Å². The molecule has 2 heterocycles. The molecule has 0 N–H and O–H groups in total. The molecule has 1 aromatic carbocycles. The van der Waals surface area contributed by atoms with Gasteiger partial charge in [-0.1, -0.05) is 11.6 Å². The minimum atomic E-state index is -0.0569. The summed E-state index contributed by atoms with van der Waals surface area (Å²) in [6, 6.07) is 7.07. The number of aryl methyl sites for hydroxylation is 1. The second kappa shape index (κ2) is 3.12. The topological polar surface area (TPSA) is 35.1 Å². The molecule has 0 saturated carbocycles. The normalized spacial score (nSPS) is 11.4. The third kappa shape index (κ3) is 1.12. The monoisotopic (exact) mass is 233 g/mol. The molecule has 0 aliphatic carbocycles. The maximum Gasteiger partial charge on any atom is 0.261 e. The van der Waals surface area contributed by atoms with Crippen LogP contribution < -0.4 is 5.56 Å². The number of hydrogen-bond donors (Lipinski definition) is 0. The number of benzene rings is 1. The zero-order valence-electron chi connectivity index (χ0n) is 8.53. The maximum absolute atomic E-state index is 12.0. The summed E-state index contributed by atoms with van der Waals surface area (Å²) < 4.78 is 6.95. The molecule has 0 aliphatic heterocycles. The van der Waals surface area contributed by atoms with Gasteiger partial charge in [-0.05, 0) is 24.3 Å². The highest BCUT2D eigenvalue weighted by Crippen LogP contribution is 2.25. The van der Waals surface area contributed by atoms with E-state index in [2.05, 4.69) is 0 Å². The average Bonchev–Trinajstić information content (AvgIpc) is 2.75. The fourth-order valence-electron chi connectivity index (χ4n) is 1.96. The van der Waals surface area contributed by atoms with Crippen molar-refractivity contribution < 1.29 is 4.42 Å². The van der Waals surface area contributed by atoms with Gasteiger partial charge in [0.05, 0.1) is 17.2 Å². The molecule has 0 unspecified atom stereocenters. The first kappa shape index (κ1) is 9.48. The summed E-state index contributed by atoms with van der Waals surface area (Å²) in [6.45, 7) is 0. The summed E-state index contributed by atoms with van der Waals surface area (Å²) in [7, 11) is 1.74. The second-order valence-corrected chi connectivity index (χ2v) is 4.13. The Labute approximate surface area is 95.8 Å². The first-order valence-corrected chi connectivity index (χ1v) is 5.22. The van der Waals surface area contributed by atoms with Crippen LogP contribution in [0, 0.1) is 0 Å². The molecule has 2 aromatic heterocycles. The number of rotatable bonds is 0. The molecular weight excluding hydrogens is 226 g/mol. The van der Waals surface area contributed by atoms with Crippen LogP contribution in [0.25, 0.3) is 21.9 Å². The van der Waals surface area contributed by atoms with Gasteiger partial charge in [-0.2, -0.15) is 0 Å². The molecule has 0 amide bonds. The third-order valence-electron chi connectivity index (χ3n) is 2.76. The summed E-state index contributed by atoms with van der Waals surface area (Å²) in [4.78, 5) is 12.0. The molecule has 3 rings (SSSR count). The summed E-state index contributed by atoms with van der Waals surface area (Å²) in [5, 5.41) is 2.07. The standard InChI is InChI=1S/C12H8ClNO2/c1-14-10-3-2-7(13)6-9(10)11-8(12(14)15)4-5-16-11/h2-6H,1H3. The molecular formula is C12H8ClNO2. The van der Waals surface area contributed by atoms with Gasteiger partial charge >= 0.3 is 0 Å².